The Hall–Kier alpha value is -2.40. The molecule has 0 aliphatic carbocycles. The van der Waals surface area contributed by atoms with Gasteiger partial charge in [-0.1, -0.05) is 30.3 Å². The van der Waals surface area contributed by atoms with Crippen molar-refractivity contribution in [2.75, 3.05) is 20.3 Å². The van der Waals surface area contributed by atoms with Crippen molar-refractivity contribution < 1.29 is 19.4 Å². The van der Waals surface area contributed by atoms with Crippen molar-refractivity contribution >= 4 is 22.6 Å². The second kappa shape index (κ2) is 6.01. The van der Waals surface area contributed by atoms with Crippen molar-refractivity contribution in [3.8, 4) is 0 Å². The van der Waals surface area contributed by atoms with E-state index in [1.807, 2.05) is 36.4 Å². The van der Waals surface area contributed by atoms with Crippen LogP contribution >= 0.6 is 0 Å². The van der Waals surface area contributed by atoms with Crippen LogP contribution in [0, 0.1) is 0 Å². The number of carbonyl (C=O) groups excluding carboxylic acids is 1. The van der Waals surface area contributed by atoms with Gasteiger partial charge in [0.25, 0.3) is 5.91 Å². The van der Waals surface area contributed by atoms with Crippen molar-refractivity contribution in [1.82, 2.24) is 4.90 Å². The summed E-state index contributed by atoms with van der Waals surface area (Å²) in [4.78, 5) is 26.1. The number of amides is 1. The second-order valence-electron chi connectivity index (χ2n) is 5.89. The van der Waals surface area contributed by atoms with Crippen LogP contribution in [-0.2, 0) is 9.53 Å². The average molecular weight is 313 g/mol. The highest BCUT2D eigenvalue weighted by Crippen LogP contribution is 2.32. The zero-order valence-electron chi connectivity index (χ0n) is 13.0. The molecule has 5 heteroatoms. The lowest BCUT2D eigenvalue weighted by Gasteiger charge is -2.34. The number of methoxy groups -OCH3 is 1. The Labute approximate surface area is 134 Å². The van der Waals surface area contributed by atoms with E-state index in [4.69, 9.17) is 4.74 Å². The predicted octanol–water partition coefficient (Wildman–Crippen LogP) is 2.55. The number of nitrogens with zero attached hydrogens (tertiary/aromatic N) is 1. The molecule has 0 radical (unpaired) electrons. The summed E-state index contributed by atoms with van der Waals surface area (Å²) in [6.45, 7) is 0.434. The largest absolute Gasteiger partial charge is 0.479 e. The van der Waals surface area contributed by atoms with Gasteiger partial charge in [0.15, 0.2) is 5.54 Å². The minimum atomic E-state index is -1.27. The highest BCUT2D eigenvalue weighted by atomic mass is 16.5. The summed E-state index contributed by atoms with van der Waals surface area (Å²) in [5.41, 5.74) is -0.760. The molecule has 0 spiro atoms. The minimum Gasteiger partial charge on any atom is -0.479 e. The van der Waals surface area contributed by atoms with Crippen molar-refractivity contribution in [3.63, 3.8) is 0 Å². The molecule has 1 unspecified atom stereocenters. The quantitative estimate of drug-likeness (QED) is 0.942. The van der Waals surface area contributed by atoms with Gasteiger partial charge in [-0.3, -0.25) is 4.79 Å². The summed E-state index contributed by atoms with van der Waals surface area (Å²) in [7, 11) is 1.46. The van der Waals surface area contributed by atoms with E-state index in [9.17, 15) is 14.7 Å². The average Bonchev–Trinajstić information content (AvgIpc) is 2.99. The van der Waals surface area contributed by atoms with Gasteiger partial charge < -0.3 is 14.7 Å². The molecule has 1 aliphatic rings. The number of aliphatic carboxylic acids is 1. The van der Waals surface area contributed by atoms with Crippen LogP contribution in [-0.4, -0.2) is 47.7 Å². The standard InChI is InChI=1S/C18H19NO4/c1-23-12-18(17(21)22)9-4-10-19(18)16(20)15-8-7-13-5-2-3-6-14(13)11-15/h2-3,5-8,11H,4,9-10,12H2,1H3,(H,21,22). The summed E-state index contributed by atoms with van der Waals surface area (Å²) in [5.74, 6) is -1.27. The number of likely N-dealkylation sites (tertiary alicyclic amines) is 1. The predicted molar refractivity (Wildman–Crippen MR) is 86.5 cm³/mol. The Bertz CT molecular complexity index is 758. The van der Waals surface area contributed by atoms with Crippen LogP contribution in [0.2, 0.25) is 0 Å². The zero-order chi connectivity index (χ0) is 16.4. The normalized spacial score (nSPS) is 20.8. The first-order valence-corrected chi connectivity index (χ1v) is 7.61. The number of carboxylic acids is 1. The van der Waals surface area contributed by atoms with Gasteiger partial charge in [0.05, 0.1) is 6.61 Å². The van der Waals surface area contributed by atoms with Gasteiger partial charge in [-0.05, 0) is 35.7 Å². The molecular formula is C18H19NO4. The Kier molecular flexibility index (Phi) is 4.05. The molecule has 2 aromatic carbocycles. The fraction of sp³-hybridized carbons (Fsp3) is 0.333. The number of fused-ring (bicyclic) bond motifs is 1. The second-order valence-corrected chi connectivity index (χ2v) is 5.89. The number of carboxylic acid groups (broad SMARTS) is 1. The van der Waals surface area contributed by atoms with Crippen molar-refractivity contribution in [3.05, 3.63) is 48.0 Å². The fourth-order valence-electron chi connectivity index (χ4n) is 3.33. The van der Waals surface area contributed by atoms with E-state index in [0.29, 0.717) is 24.9 Å². The molecule has 3 rings (SSSR count). The van der Waals surface area contributed by atoms with E-state index in [2.05, 4.69) is 0 Å². The maximum atomic E-state index is 12.9. The number of rotatable bonds is 4. The molecule has 1 fully saturated rings. The molecule has 1 amide bonds. The molecule has 23 heavy (non-hydrogen) atoms. The van der Waals surface area contributed by atoms with Crippen LogP contribution in [0.3, 0.4) is 0 Å². The van der Waals surface area contributed by atoms with Crippen molar-refractivity contribution in [2.24, 2.45) is 0 Å². The van der Waals surface area contributed by atoms with Crippen molar-refractivity contribution in [1.29, 1.82) is 0 Å². The third-order valence-corrected chi connectivity index (χ3v) is 4.51. The first-order chi connectivity index (χ1) is 11.1. The number of hydrogen-bond donors (Lipinski definition) is 1. The van der Waals surface area contributed by atoms with E-state index in [-0.39, 0.29) is 12.5 Å². The zero-order valence-corrected chi connectivity index (χ0v) is 13.0. The number of carbonyl (C=O) groups is 2. The van der Waals surface area contributed by atoms with Crippen LogP contribution in [0.4, 0.5) is 0 Å². The molecule has 1 aliphatic heterocycles. The Morgan fingerprint density at radius 2 is 1.96 bits per heavy atom. The van der Waals surface area contributed by atoms with Crippen LogP contribution in [0.25, 0.3) is 10.8 Å². The number of benzene rings is 2. The third kappa shape index (κ3) is 2.57. The third-order valence-electron chi connectivity index (χ3n) is 4.51. The van der Waals surface area contributed by atoms with Gasteiger partial charge in [0, 0.05) is 19.2 Å². The molecule has 1 heterocycles. The fourth-order valence-corrected chi connectivity index (χ4v) is 3.33. The molecule has 5 nitrogen and oxygen atoms in total. The molecule has 0 saturated carbocycles. The van der Waals surface area contributed by atoms with Crippen LogP contribution in [0.1, 0.15) is 23.2 Å². The van der Waals surface area contributed by atoms with E-state index < -0.39 is 11.5 Å². The highest BCUT2D eigenvalue weighted by molar-refractivity contribution is 6.01. The van der Waals surface area contributed by atoms with Gasteiger partial charge in [-0.2, -0.15) is 0 Å². The van der Waals surface area contributed by atoms with Crippen LogP contribution < -0.4 is 0 Å². The molecule has 0 bridgehead atoms. The van der Waals surface area contributed by atoms with Crippen LogP contribution in [0.5, 0.6) is 0 Å². The first kappa shape index (κ1) is 15.5. The molecule has 0 aromatic heterocycles. The Morgan fingerprint density at radius 3 is 2.65 bits per heavy atom. The first-order valence-electron chi connectivity index (χ1n) is 7.61. The lowest BCUT2D eigenvalue weighted by atomic mass is 9.96. The Balaban J connectivity index is 1.98. The van der Waals surface area contributed by atoms with Gasteiger partial charge >= 0.3 is 5.97 Å². The van der Waals surface area contributed by atoms with E-state index in [0.717, 1.165) is 10.8 Å². The van der Waals surface area contributed by atoms with Crippen molar-refractivity contribution in [2.45, 2.75) is 18.4 Å². The number of ether oxygens (including phenoxy) is 1. The van der Waals surface area contributed by atoms with Gasteiger partial charge in [0.2, 0.25) is 0 Å². The SMILES string of the molecule is COCC1(C(=O)O)CCCN1C(=O)c1ccc2ccccc2c1. The molecule has 2 aromatic rings. The smallest absolute Gasteiger partial charge is 0.332 e. The number of hydrogen-bond acceptors (Lipinski definition) is 3. The summed E-state index contributed by atoms with van der Waals surface area (Å²) >= 11 is 0. The van der Waals surface area contributed by atoms with E-state index in [1.54, 1.807) is 6.07 Å². The summed E-state index contributed by atoms with van der Waals surface area (Å²) in [6, 6.07) is 13.2. The van der Waals surface area contributed by atoms with Crippen LogP contribution in [0.15, 0.2) is 42.5 Å². The highest BCUT2D eigenvalue weighted by Gasteiger charge is 2.50. The molecule has 120 valence electrons. The molecule has 1 N–H and O–H groups in total. The Morgan fingerprint density at radius 1 is 1.22 bits per heavy atom. The van der Waals surface area contributed by atoms with Gasteiger partial charge in [-0.15, -0.1) is 0 Å². The van der Waals surface area contributed by atoms with Gasteiger partial charge in [-0.25, -0.2) is 4.79 Å². The topological polar surface area (TPSA) is 66.8 Å². The summed E-state index contributed by atoms with van der Waals surface area (Å²) in [5, 5.41) is 11.7. The maximum absolute atomic E-state index is 12.9. The lowest BCUT2D eigenvalue weighted by molar-refractivity contribution is -0.151. The summed E-state index contributed by atoms with van der Waals surface area (Å²) < 4.78 is 5.10. The monoisotopic (exact) mass is 313 g/mol. The minimum absolute atomic E-state index is 0.00164. The lowest BCUT2D eigenvalue weighted by Crippen LogP contribution is -2.56. The molecule has 1 atom stereocenters. The van der Waals surface area contributed by atoms with E-state index >= 15 is 0 Å². The maximum Gasteiger partial charge on any atom is 0.332 e. The molecule has 1 saturated heterocycles. The summed E-state index contributed by atoms with van der Waals surface area (Å²) in [6.07, 6.45) is 1.07. The van der Waals surface area contributed by atoms with Gasteiger partial charge in [0.1, 0.15) is 0 Å². The molecular weight excluding hydrogens is 294 g/mol. The van der Waals surface area contributed by atoms with E-state index in [1.165, 1.54) is 12.0 Å².